The Hall–Kier alpha value is -2.28. The summed E-state index contributed by atoms with van der Waals surface area (Å²) in [5.74, 6) is 0.615. The minimum atomic E-state index is -0.324. The largest absolute Gasteiger partial charge is 0.491 e. The fourth-order valence-corrected chi connectivity index (χ4v) is 1.97. The second-order valence-corrected chi connectivity index (χ2v) is 4.61. The maximum absolute atomic E-state index is 11.8. The topological polar surface area (TPSA) is 79.9 Å². The number of nitrogens with one attached hydrogen (secondary N) is 2. The molecule has 0 bridgehead atoms. The molecule has 0 atom stereocenters. The van der Waals surface area contributed by atoms with E-state index in [2.05, 4.69) is 10.6 Å². The number of ether oxygens (including phenoxy) is 2. The molecule has 1 heterocycles. The number of benzene rings is 1. The number of methoxy groups -OCH3 is 1. The van der Waals surface area contributed by atoms with E-state index in [0.717, 1.165) is 0 Å². The van der Waals surface area contributed by atoms with E-state index < -0.39 is 0 Å². The molecule has 0 radical (unpaired) electrons. The van der Waals surface area contributed by atoms with E-state index in [1.807, 2.05) is 0 Å². The van der Waals surface area contributed by atoms with E-state index in [1.54, 1.807) is 32.4 Å². The first-order chi connectivity index (χ1) is 10.1. The maximum Gasteiger partial charge on any atom is 0.319 e. The summed E-state index contributed by atoms with van der Waals surface area (Å²) in [6.45, 7) is 1.23. The van der Waals surface area contributed by atoms with Gasteiger partial charge in [0.15, 0.2) is 0 Å². The number of carbonyl (C=O) groups is 2. The van der Waals surface area contributed by atoms with Crippen LogP contribution in [0.5, 0.6) is 5.75 Å². The number of rotatable bonds is 4. The molecule has 21 heavy (non-hydrogen) atoms. The van der Waals surface area contributed by atoms with E-state index in [9.17, 15) is 9.59 Å². The Morgan fingerprint density at radius 2 is 2.29 bits per heavy atom. The van der Waals surface area contributed by atoms with Gasteiger partial charge in [-0.15, -0.1) is 0 Å². The Bertz CT molecular complexity index is 533. The average Bonchev–Trinajstić information content (AvgIpc) is 2.60. The van der Waals surface area contributed by atoms with Gasteiger partial charge in [0.1, 0.15) is 5.75 Å². The van der Waals surface area contributed by atoms with Crippen LogP contribution < -0.4 is 20.3 Å². The minimum absolute atomic E-state index is 0.0181. The highest BCUT2D eigenvalue weighted by atomic mass is 16.5. The van der Waals surface area contributed by atoms with Crippen LogP contribution in [-0.4, -0.2) is 45.9 Å². The first kappa shape index (κ1) is 15.1. The highest BCUT2D eigenvalue weighted by molar-refractivity contribution is 5.97. The second-order valence-electron chi connectivity index (χ2n) is 4.61. The van der Waals surface area contributed by atoms with Crippen molar-refractivity contribution in [2.45, 2.75) is 6.42 Å². The summed E-state index contributed by atoms with van der Waals surface area (Å²) in [7, 11) is 3.26. The zero-order valence-electron chi connectivity index (χ0n) is 12.1. The molecule has 0 fully saturated rings. The molecule has 1 aliphatic heterocycles. The number of carbonyl (C=O) groups excluding carboxylic acids is 2. The highest BCUT2D eigenvalue weighted by Crippen LogP contribution is 2.33. The molecule has 0 spiro atoms. The van der Waals surface area contributed by atoms with Crippen LogP contribution in [0.2, 0.25) is 0 Å². The van der Waals surface area contributed by atoms with Gasteiger partial charge >= 0.3 is 6.03 Å². The molecule has 1 aromatic rings. The van der Waals surface area contributed by atoms with Crippen molar-refractivity contribution >= 4 is 23.3 Å². The summed E-state index contributed by atoms with van der Waals surface area (Å²) in [4.78, 5) is 25.0. The molecule has 0 unspecified atom stereocenters. The molecule has 1 aliphatic rings. The molecule has 0 saturated carbocycles. The predicted octanol–water partition coefficient (Wildman–Crippen LogP) is 1.20. The Morgan fingerprint density at radius 1 is 1.48 bits per heavy atom. The predicted molar refractivity (Wildman–Crippen MR) is 78.9 cm³/mol. The lowest BCUT2D eigenvalue weighted by Crippen LogP contribution is -2.31. The molecular weight excluding hydrogens is 274 g/mol. The Kier molecular flexibility index (Phi) is 4.99. The van der Waals surface area contributed by atoms with Crippen molar-refractivity contribution in [1.82, 2.24) is 5.32 Å². The first-order valence-corrected chi connectivity index (χ1v) is 6.69. The monoisotopic (exact) mass is 293 g/mol. The van der Waals surface area contributed by atoms with Gasteiger partial charge in [0, 0.05) is 26.4 Å². The lowest BCUT2D eigenvalue weighted by atomic mass is 10.2. The number of amides is 3. The zero-order chi connectivity index (χ0) is 15.2. The summed E-state index contributed by atoms with van der Waals surface area (Å²) in [5.41, 5.74) is 1.24. The van der Waals surface area contributed by atoms with Gasteiger partial charge in [0.25, 0.3) is 0 Å². The van der Waals surface area contributed by atoms with Crippen molar-refractivity contribution < 1.29 is 19.1 Å². The fraction of sp³-hybridized carbons (Fsp3) is 0.429. The van der Waals surface area contributed by atoms with Crippen molar-refractivity contribution in [1.29, 1.82) is 0 Å². The molecule has 0 saturated heterocycles. The van der Waals surface area contributed by atoms with Crippen molar-refractivity contribution in [3.63, 3.8) is 0 Å². The third-order valence-corrected chi connectivity index (χ3v) is 3.12. The third-order valence-electron chi connectivity index (χ3n) is 3.12. The SMILES string of the molecule is COCCNC(=O)Nc1ccc2c(c1)N(C)C(=O)CCO2. The normalized spacial score (nSPS) is 14.0. The van der Waals surface area contributed by atoms with Crippen LogP contribution >= 0.6 is 0 Å². The van der Waals surface area contributed by atoms with E-state index in [0.29, 0.717) is 43.3 Å². The highest BCUT2D eigenvalue weighted by Gasteiger charge is 2.20. The van der Waals surface area contributed by atoms with Crippen molar-refractivity contribution in [2.75, 3.05) is 44.1 Å². The van der Waals surface area contributed by atoms with Crippen LogP contribution in [0.3, 0.4) is 0 Å². The number of hydrogen-bond acceptors (Lipinski definition) is 4. The molecule has 114 valence electrons. The standard InChI is InChI=1S/C14H19N3O4/c1-17-11-9-10(16-14(19)15-6-8-20-2)3-4-12(11)21-7-5-13(17)18/h3-4,9H,5-8H2,1-2H3,(H2,15,16,19). The molecule has 3 amide bonds. The van der Waals surface area contributed by atoms with Gasteiger partial charge in [-0.3, -0.25) is 4.79 Å². The molecule has 7 nitrogen and oxygen atoms in total. The Morgan fingerprint density at radius 3 is 3.05 bits per heavy atom. The Balaban J connectivity index is 2.07. The smallest absolute Gasteiger partial charge is 0.319 e. The lowest BCUT2D eigenvalue weighted by molar-refractivity contribution is -0.118. The molecular formula is C14H19N3O4. The van der Waals surface area contributed by atoms with Crippen molar-refractivity contribution in [3.8, 4) is 5.75 Å². The maximum atomic E-state index is 11.8. The van der Waals surface area contributed by atoms with Crippen LogP contribution in [0.4, 0.5) is 16.2 Å². The molecule has 2 rings (SSSR count). The second kappa shape index (κ2) is 6.94. The van der Waals surface area contributed by atoms with E-state index in [-0.39, 0.29) is 11.9 Å². The molecule has 7 heteroatoms. The average molecular weight is 293 g/mol. The van der Waals surface area contributed by atoms with Gasteiger partial charge in [-0.25, -0.2) is 4.79 Å². The quantitative estimate of drug-likeness (QED) is 0.818. The van der Waals surface area contributed by atoms with Crippen molar-refractivity contribution in [2.24, 2.45) is 0 Å². The number of urea groups is 1. The molecule has 1 aromatic carbocycles. The van der Waals surface area contributed by atoms with E-state index in [1.165, 1.54) is 4.90 Å². The van der Waals surface area contributed by atoms with Crippen LogP contribution in [0.15, 0.2) is 18.2 Å². The van der Waals surface area contributed by atoms with Crippen LogP contribution in [0.1, 0.15) is 6.42 Å². The van der Waals surface area contributed by atoms with Crippen molar-refractivity contribution in [3.05, 3.63) is 18.2 Å². The summed E-state index contributed by atoms with van der Waals surface area (Å²) < 4.78 is 10.4. The molecule has 0 aromatic heterocycles. The third kappa shape index (κ3) is 3.85. The first-order valence-electron chi connectivity index (χ1n) is 6.69. The summed E-state index contributed by atoms with van der Waals surface area (Å²) in [5, 5.41) is 5.37. The van der Waals surface area contributed by atoms with Gasteiger partial charge in [-0.2, -0.15) is 0 Å². The number of nitrogens with zero attached hydrogens (tertiary/aromatic N) is 1. The number of hydrogen-bond donors (Lipinski definition) is 2. The van der Waals surface area contributed by atoms with Crippen LogP contribution in [0, 0.1) is 0 Å². The number of fused-ring (bicyclic) bond motifs is 1. The Labute approximate surface area is 123 Å². The van der Waals surface area contributed by atoms with Gasteiger partial charge in [-0.1, -0.05) is 0 Å². The zero-order valence-corrected chi connectivity index (χ0v) is 12.1. The van der Waals surface area contributed by atoms with Gasteiger partial charge < -0.3 is 25.0 Å². The minimum Gasteiger partial charge on any atom is -0.491 e. The van der Waals surface area contributed by atoms with E-state index in [4.69, 9.17) is 9.47 Å². The molecule has 0 aliphatic carbocycles. The van der Waals surface area contributed by atoms with Crippen LogP contribution in [-0.2, 0) is 9.53 Å². The summed E-state index contributed by atoms with van der Waals surface area (Å²) >= 11 is 0. The molecule has 2 N–H and O–H groups in total. The fourth-order valence-electron chi connectivity index (χ4n) is 1.97. The lowest BCUT2D eigenvalue weighted by Gasteiger charge is -2.17. The summed E-state index contributed by atoms with van der Waals surface area (Å²) in [6, 6.07) is 4.87. The van der Waals surface area contributed by atoms with E-state index >= 15 is 0 Å². The number of anilines is 2. The van der Waals surface area contributed by atoms with Gasteiger partial charge in [0.05, 0.1) is 25.3 Å². The summed E-state index contributed by atoms with van der Waals surface area (Å²) in [6.07, 6.45) is 0.339. The van der Waals surface area contributed by atoms with Crippen LogP contribution in [0.25, 0.3) is 0 Å². The van der Waals surface area contributed by atoms with Gasteiger partial charge in [0.2, 0.25) is 5.91 Å². The van der Waals surface area contributed by atoms with Gasteiger partial charge in [-0.05, 0) is 18.2 Å².